The average molecular weight is 1010 g/mol. The van der Waals surface area contributed by atoms with Gasteiger partial charge in [0, 0.05) is 19.3 Å². The Hall–Kier alpha value is -2.37. The number of hydrogen-bond acceptors (Lipinski definition) is 6. The normalized spacial score (nSPS) is 12.2. The van der Waals surface area contributed by atoms with E-state index in [-0.39, 0.29) is 31.1 Å². The molecule has 0 aliphatic carbocycles. The maximum Gasteiger partial charge on any atom is 0.306 e. The molecule has 0 heterocycles. The number of rotatable bonds is 59. The van der Waals surface area contributed by atoms with Crippen molar-refractivity contribution in [2.75, 3.05) is 13.2 Å². The molecular weight excluding hydrogens is 889 g/mol. The van der Waals surface area contributed by atoms with E-state index in [1.165, 1.54) is 238 Å². The van der Waals surface area contributed by atoms with E-state index in [9.17, 15) is 14.4 Å². The lowest BCUT2D eigenvalue weighted by molar-refractivity contribution is -0.167. The first-order chi connectivity index (χ1) is 35.5. The minimum Gasteiger partial charge on any atom is -0.462 e. The molecule has 0 aromatic heterocycles. The number of unbranched alkanes of at least 4 members (excludes halogenated alkanes) is 42. The van der Waals surface area contributed by atoms with Crippen molar-refractivity contribution in [3.05, 3.63) is 36.5 Å². The molecule has 0 saturated carbocycles. The van der Waals surface area contributed by atoms with Gasteiger partial charge in [0.2, 0.25) is 0 Å². The lowest BCUT2D eigenvalue weighted by Gasteiger charge is -2.18. The molecule has 0 amide bonds. The van der Waals surface area contributed by atoms with Crippen LogP contribution in [0.4, 0.5) is 0 Å². The first-order valence-corrected chi connectivity index (χ1v) is 32.0. The van der Waals surface area contributed by atoms with Gasteiger partial charge in [0.15, 0.2) is 6.10 Å². The van der Waals surface area contributed by atoms with Gasteiger partial charge in [0.1, 0.15) is 13.2 Å². The topological polar surface area (TPSA) is 78.9 Å². The van der Waals surface area contributed by atoms with Gasteiger partial charge in [-0.3, -0.25) is 14.4 Å². The zero-order valence-electron chi connectivity index (χ0n) is 48.5. The number of esters is 3. The van der Waals surface area contributed by atoms with E-state index in [0.717, 1.165) is 70.6 Å². The third-order valence-corrected chi connectivity index (χ3v) is 14.4. The SMILES string of the molecule is CCCCCCC/C=C\C/C=C\C/C=C\CCCCCCCCCCCCC(=O)OCC(COC(=O)CCCCCCCCCCCCCCCC)OC(=O)CCCCCCCCCCCCCCCCC. The molecular formula is C66H122O6. The Kier molecular flexibility index (Phi) is 59.2. The van der Waals surface area contributed by atoms with Crippen LogP contribution in [0.1, 0.15) is 348 Å². The van der Waals surface area contributed by atoms with E-state index in [4.69, 9.17) is 14.2 Å². The van der Waals surface area contributed by atoms with Crippen LogP contribution in [0.25, 0.3) is 0 Å². The quantitative estimate of drug-likeness (QED) is 0.0261. The second-order valence-corrected chi connectivity index (χ2v) is 21.7. The maximum absolute atomic E-state index is 12.9. The molecule has 0 N–H and O–H groups in total. The molecule has 0 fully saturated rings. The molecule has 6 heteroatoms. The highest BCUT2D eigenvalue weighted by Crippen LogP contribution is 2.17. The molecule has 422 valence electrons. The number of allylic oxidation sites excluding steroid dienone is 6. The lowest BCUT2D eigenvalue weighted by Crippen LogP contribution is -2.30. The van der Waals surface area contributed by atoms with Gasteiger partial charge in [-0.05, 0) is 57.8 Å². The van der Waals surface area contributed by atoms with Crippen molar-refractivity contribution in [2.45, 2.75) is 354 Å². The highest BCUT2D eigenvalue weighted by Gasteiger charge is 2.19. The van der Waals surface area contributed by atoms with E-state index in [2.05, 4.69) is 57.2 Å². The minimum atomic E-state index is -0.769. The molecule has 72 heavy (non-hydrogen) atoms. The lowest BCUT2D eigenvalue weighted by atomic mass is 10.0. The molecule has 0 radical (unpaired) electrons. The number of ether oxygens (including phenoxy) is 3. The Morgan fingerprint density at radius 1 is 0.278 bits per heavy atom. The van der Waals surface area contributed by atoms with Crippen molar-refractivity contribution in [1.82, 2.24) is 0 Å². The first kappa shape index (κ1) is 69.6. The average Bonchev–Trinajstić information content (AvgIpc) is 3.38. The number of carbonyl (C=O) groups is 3. The Balaban J connectivity index is 4.26. The van der Waals surface area contributed by atoms with Gasteiger partial charge in [0.05, 0.1) is 0 Å². The summed E-state index contributed by atoms with van der Waals surface area (Å²) in [6, 6.07) is 0. The number of carbonyl (C=O) groups excluding carboxylic acids is 3. The van der Waals surface area contributed by atoms with Crippen LogP contribution in [0.5, 0.6) is 0 Å². The van der Waals surface area contributed by atoms with Gasteiger partial charge in [-0.2, -0.15) is 0 Å². The molecule has 0 saturated heterocycles. The van der Waals surface area contributed by atoms with Gasteiger partial charge in [-0.25, -0.2) is 0 Å². The fourth-order valence-electron chi connectivity index (χ4n) is 9.57. The molecule has 0 bridgehead atoms. The van der Waals surface area contributed by atoms with Crippen molar-refractivity contribution in [1.29, 1.82) is 0 Å². The fraction of sp³-hybridized carbons (Fsp3) is 0.864. The van der Waals surface area contributed by atoms with Crippen LogP contribution in [-0.2, 0) is 28.6 Å². The van der Waals surface area contributed by atoms with E-state index in [0.29, 0.717) is 19.3 Å². The van der Waals surface area contributed by atoms with Gasteiger partial charge >= 0.3 is 17.9 Å². The monoisotopic (exact) mass is 1010 g/mol. The minimum absolute atomic E-state index is 0.0675. The zero-order valence-corrected chi connectivity index (χ0v) is 48.5. The summed E-state index contributed by atoms with van der Waals surface area (Å²) >= 11 is 0. The summed E-state index contributed by atoms with van der Waals surface area (Å²) < 4.78 is 16.9. The molecule has 0 spiro atoms. The summed E-state index contributed by atoms with van der Waals surface area (Å²) in [5.74, 6) is -0.847. The van der Waals surface area contributed by atoms with Gasteiger partial charge in [-0.1, -0.05) is 308 Å². The van der Waals surface area contributed by atoms with E-state index in [1.54, 1.807) is 0 Å². The second kappa shape index (κ2) is 61.2. The highest BCUT2D eigenvalue weighted by atomic mass is 16.6. The van der Waals surface area contributed by atoms with E-state index >= 15 is 0 Å². The van der Waals surface area contributed by atoms with Crippen LogP contribution in [0.3, 0.4) is 0 Å². The largest absolute Gasteiger partial charge is 0.462 e. The smallest absolute Gasteiger partial charge is 0.306 e. The standard InChI is InChI=1S/C66H122O6/c1-4-7-10-13-16-19-22-25-28-29-30-31-32-33-34-35-36-37-39-41-44-47-50-53-56-59-65(68)71-62-63(61-70-64(67)58-55-52-49-46-43-40-27-24-21-18-15-12-9-6-3)72-66(69)60-57-54-51-48-45-42-38-26-23-20-17-14-11-8-5-2/h22,25,29-30,32-33,63H,4-21,23-24,26-28,31,34-62H2,1-3H3/b25-22-,30-29-,33-32-. The van der Waals surface area contributed by atoms with Crippen molar-refractivity contribution < 1.29 is 28.6 Å². The second-order valence-electron chi connectivity index (χ2n) is 21.7. The summed E-state index contributed by atoms with van der Waals surface area (Å²) in [4.78, 5) is 38.3. The predicted molar refractivity (Wildman–Crippen MR) is 312 cm³/mol. The molecule has 6 nitrogen and oxygen atoms in total. The summed E-state index contributed by atoms with van der Waals surface area (Å²) in [7, 11) is 0. The fourth-order valence-corrected chi connectivity index (χ4v) is 9.57. The van der Waals surface area contributed by atoms with Crippen LogP contribution in [0.2, 0.25) is 0 Å². The summed E-state index contributed by atoms with van der Waals surface area (Å²) in [5, 5.41) is 0. The Labute approximate surface area is 448 Å². The van der Waals surface area contributed by atoms with Crippen molar-refractivity contribution in [3.8, 4) is 0 Å². The van der Waals surface area contributed by atoms with E-state index < -0.39 is 6.10 Å². The van der Waals surface area contributed by atoms with Crippen LogP contribution < -0.4 is 0 Å². The van der Waals surface area contributed by atoms with Crippen molar-refractivity contribution in [2.24, 2.45) is 0 Å². The van der Waals surface area contributed by atoms with Gasteiger partial charge in [-0.15, -0.1) is 0 Å². The zero-order chi connectivity index (χ0) is 52.2. The van der Waals surface area contributed by atoms with Crippen LogP contribution in [-0.4, -0.2) is 37.2 Å². The Morgan fingerprint density at radius 2 is 0.500 bits per heavy atom. The molecule has 0 aromatic rings. The molecule has 1 atom stereocenters. The van der Waals surface area contributed by atoms with Crippen LogP contribution in [0.15, 0.2) is 36.5 Å². The summed E-state index contributed by atoms with van der Waals surface area (Å²) in [6.45, 7) is 6.68. The first-order valence-electron chi connectivity index (χ1n) is 32.0. The molecule has 1 unspecified atom stereocenters. The predicted octanol–water partition coefficient (Wildman–Crippen LogP) is 21.6. The molecule has 0 aromatic carbocycles. The maximum atomic E-state index is 12.9. The van der Waals surface area contributed by atoms with Crippen molar-refractivity contribution >= 4 is 17.9 Å². The number of hydrogen-bond donors (Lipinski definition) is 0. The Bertz CT molecular complexity index is 1210. The summed E-state index contributed by atoms with van der Waals surface area (Å²) in [6.07, 6.45) is 74.3. The van der Waals surface area contributed by atoms with E-state index in [1.807, 2.05) is 0 Å². The molecule has 0 rings (SSSR count). The van der Waals surface area contributed by atoms with Crippen molar-refractivity contribution in [3.63, 3.8) is 0 Å². The third kappa shape index (κ3) is 58.5. The van der Waals surface area contributed by atoms with Crippen LogP contribution in [0, 0.1) is 0 Å². The highest BCUT2D eigenvalue weighted by molar-refractivity contribution is 5.71. The summed E-state index contributed by atoms with van der Waals surface area (Å²) in [5.41, 5.74) is 0. The Morgan fingerprint density at radius 3 is 0.778 bits per heavy atom. The van der Waals surface area contributed by atoms with Crippen LogP contribution >= 0.6 is 0 Å². The molecule has 0 aliphatic rings. The van der Waals surface area contributed by atoms with Gasteiger partial charge in [0.25, 0.3) is 0 Å². The third-order valence-electron chi connectivity index (χ3n) is 14.4. The van der Waals surface area contributed by atoms with Gasteiger partial charge < -0.3 is 14.2 Å². The molecule has 0 aliphatic heterocycles.